The van der Waals surface area contributed by atoms with E-state index in [-0.39, 0.29) is 11.6 Å². The van der Waals surface area contributed by atoms with E-state index < -0.39 is 0 Å². The zero-order chi connectivity index (χ0) is 21.4. The van der Waals surface area contributed by atoms with E-state index >= 15 is 0 Å². The van der Waals surface area contributed by atoms with E-state index in [0.717, 1.165) is 46.5 Å². The summed E-state index contributed by atoms with van der Waals surface area (Å²) in [5, 5.41) is 8.48. The van der Waals surface area contributed by atoms with Crippen molar-refractivity contribution < 1.29 is 9.21 Å². The van der Waals surface area contributed by atoms with Crippen molar-refractivity contribution in [3.05, 3.63) is 54.6 Å². The van der Waals surface area contributed by atoms with E-state index in [0.29, 0.717) is 5.69 Å². The molecule has 5 rings (SSSR count). The zero-order valence-electron chi connectivity index (χ0n) is 17.6. The number of pyridine rings is 1. The number of hydrogen-bond acceptors (Lipinski definition) is 6. The molecule has 3 aromatic heterocycles. The van der Waals surface area contributed by atoms with Gasteiger partial charge in [-0.25, -0.2) is 4.98 Å². The highest BCUT2D eigenvalue weighted by Crippen LogP contribution is 2.40. The van der Waals surface area contributed by atoms with E-state index in [1.54, 1.807) is 6.20 Å². The Morgan fingerprint density at radius 3 is 2.77 bits per heavy atom. The highest BCUT2D eigenvalue weighted by Gasteiger charge is 2.22. The Labute approximate surface area is 179 Å². The third-order valence-electron chi connectivity index (χ3n) is 5.88. The lowest BCUT2D eigenvalue weighted by Gasteiger charge is -2.31. The Morgan fingerprint density at radius 2 is 2.00 bits per heavy atom. The minimum atomic E-state index is -0.317. The number of aromatic nitrogens is 4. The van der Waals surface area contributed by atoms with Gasteiger partial charge in [-0.3, -0.25) is 14.5 Å². The van der Waals surface area contributed by atoms with Crippen molar-refractivity contribution in [1.29, 1.82) is 0 Å². The maximum absolute atomic E-state index is 12.7. The quantitative estimate of drug-likeness (QED) is 0.537. The molecule has 1 saturated heterocycles. The second-order valence-electron chi connectivity index (χ2n) is 7.89. The molecule has 158 valence electrons. The number of oxazole rings is 1. The molecule has 31 heavy (non-hydrogen) atoms. The van der Waals surface area contributed by atoms with E-state index in [1.165, 1.54) is 31.9 Å². The van der Waals surface area contributed by atoms with Crippen LogP contribution in [0.2, 0.25) is 0 Å². The van der Waals surface area contributed by atoms with Crippen molar-refractivity contribution in [3.63, 3.8) is 0 Å². The lowest BCUT2D eigenvalue weighted by atomic mass is 9.97. The highest BCUT2D eigenvalue weighted by molar-refractivity contribution is 6.06. The van der Waals surface area contributed by atoms with Crippen molar-refractivity contribution in [1.82, 2.24) is 19.7 Å². The third-order valence-corrected chi connectivity index (χ3v) is 5.88. The minimum Gasteiger partial charge on any atom is -0.451 e. The summed E-state index contributed by atoms with van der Waals surface area (Å²) < 4.78 is 6.86. The third kappa shape index (κ3) is 3.54. The molecule has 0 unspecified atom stereocenters. The molecule has 4 aromatic rings. The van der Waals surface area contributed by atoms with Crippen LogP contribution in [0, 0.1) is 6.92 Å². The Bertz CT molecular complexity index is 1240. The summed E-state index contributed by atoms with van der Waals surface area (Å²) in [6.45, 7) is 3.99. The van der Waals surface area contributed by atoms with Gasteiger partial charge in [-0.05, 0) is 44.4 Å². The van der Waals surface area contributed by atoms with Gasteiger partial charge in [-0.15, -0.1) is 0 Å². The van der Waals surface area contributed by atoms with Gasteiger partial charge in [0.15, 0.2) is 12.1 Å². The van der Waals surface area contributed by atoms with Gasteiger partial charge in [0.25, 0.3) is 5.91 Å². The van der Waals surface area contributed by atoms with Crippen LogP contribution in [0.25, 0.3) is 22.0 Å². The average Bonchev–Trinajstić information content (AvgIpc) is 3.44. The molecule has 1 aliphatic rings. The molecule has 8 heteroatoms. The number of piperidine rings is 1. The normalized spacial score (nSPS) is 14.2. The highest BCUT2D eigenvalue weighted by atomic mass is 16.3. The molecule has 0 bridgehead atoms. The molecule has 0 aliphatic carbocycles. The summed E-state index contributed by atoms with van der Waals surface area (Å²) in [5.41, 5.74) is 5.96. The van der Waals surface area contributed by atoms with Crippen molar-refractivity contribution >= 4 is 28.2 Å². The summed E-state index contributed by atoms with van der Waals surface area (Å²) in [7, 11) is 1.96. The summed E-state index contributed by atoms with van der Waals surface area (Å²) in [6.07, 6.45) is 9.76. The van der Waals surface area contributed by atoms with Crippen LogP contribution in [0.3, 0.4) is 0 Å². The predicted molar refractivity (Wildman–Crippen MR) is 119 cm³/mol. The SMILES string of the molecule is Cc1nccc(NC(=O)c2cocn2)c1-c1cc2cnn(C)c2cc1N1CCCCC1. The molecular weight excluding hydrogens is 392 g/mol. The molecule has 4 heterocycles. The number of hydrogen-bond donors (Lipinski definition) is 1. The van der Waals surface area contributed by atoms with Gasteiger partial charge >= 0.3 is 0 Å². The monoisotopic (exact) mass is 416 g/mol. The topological polar surface area (TPSA) is 89.1 Å². The number of nitrogens with zero attached hydrogens (tertiary/aromatic N) is 5. The molecular formula is C23H24N6O2. The van der Waals surface area contributed by atoms with Gasteiger partial charge < -0.3 is 14.6 Å². The van der Waals surface area contributed by atoms with Gasteiger partial charge in [-0.2, -0.15) is 5.10 Å². The Kier molecular flexibility index (Phi) is 4.89. The first-order chi connectivity index (χ1) is 15.1. The van der Waals surface area contributed by atoms with E-state index in [4.69, 9.17) is 4.42 Å². The number of carbonyl (C=O) groups is 1. The summed E-state index contributed by atoms with van der Waals surface area (Å²) in [5.74, 6) is -0.317. The Morgan fingerprint density at radius 1 is 1.16 bits per heavy atom. The van der Waals surface area contributed by atoms with Gasteiger partial charge in [-0.1, -0.05) is 0 Å². The minimum absolute atomic E-state index is 0.236. The fourth-order valence-electron chi connectivity index (χ4n) is 4.31. The lowest BCUT2D eigenvalue weighted by Crippen LogP contribution is -2.30. The standard InChI is InChI=1S/C23H24N6O2/c1-15-22(18(6-7-24-15)27-23(30)19-13-31-14-25-19)17-10-16-12-26-28(2)20(16)11-21(17)29-8-4-3-5-9-29/h6-7,10-14H,3-5,8-9H2,1-2H3,(H,24,27,30). The van der Waals surface area contributed by atoms with Crippen LogP contribution >= 0.6 is 0 Å². The Balaban J connectivity index is 1.67. The molecule has 0 saturated carbocycles. The van der Waals surface area contributed by atoms with Crippen LogP contribution in [0.1, 0.15) is 35.4 Å². The number of rotatable bonds is 4. The maximum atomic E-state index is 12.7. The predicted octanol–water partition coefficient (Wildman–Crippen LogP) is 4.17. The number of benzene rings is 1. The first kappa shape index (κ1) is 19.3. The van der Waals surface area contributed by atoms with Gasteiger partial charge in [0.05, 0.1) is 17.4 Å². The number of nitrogens with one attached hydrogen (secondary N) is 1. The molecule has 1 fully saturated rings. The van der Waals surface area contributed by atoms with Crippen molar-refractivity contribution in [2.45, 2.75) is 26.2 Å². The van der Waals surface area contributed by atoms with Gasteiger partial charge in [0.2, 0.25) is 0 Å². The smallest absolute Gasteiger partial charge is 0.277 e. The first-order valence-corrected chi connectivity index (χ1v) is 10.5. The van der Waals surface area contributed by atoms with Crippen LogP contribution in [0.5, 0.6) is 0 Å². The number of carbonyl (C=O) groups excluding carboxylic acids is 1. The largest absolute Gasteiger partial charge is 0.451 e. The Hall–Kier alpha value is -3.68. The molecule has 8 nitrogen and oxygen atoms in total. The number of amides is 1. The lowest BCUT2D eigenvalue weighted by molar-refractivity contribution is 0.102. The second kappa shape index (κ2) is 7.86. The zero-order valence-corrected chi connectivity index (χ0v) is 17.6. The summed E-state index contributed by atoms with van der Waals surface area (Å²) in [6, 6.07) is 6.19. The van der Waals surface area contributed by atoms with Crippen LogP contribution in [-0.4, -0.2) is 38.7 Å². The average molecular weight is 416 g/mol. The molecule has 1 amide bonds. The molecule has 0 atom stereocenters. The van der Waals surface area contributed by atoms with Crippen molar-refractivity contribution in [3.8, 4) is 11.1 Å². The van der Waals surface area contributed by atoms with E-state index in [1.807, 2.05) is 30.9 Å². The fourth-order valence-corrected chi connectivity index (χ4v) is 4.31. The molecule has 0 spiro atoms. The molecule has 1 aromatic carbocycles. The number of anilines is 2. The molecule has 1 N–H and O–H groups in total. The molecule has 0 radical (unpaired) electrons. The van der Waals surface area contributed by atoms with Gasteiger partial charge in [0, 0.05) is 54.2 Å². The van der Waals surface area contributed by atoms with Crippen LogP contribution in [0.4, 0.5) is 11.4 Å². The van der Waals surface area contributed by atoms with Crippen LogP contribution < -0.4 is 10.2 Å². The van der Waals surface area contributed by atoms with Crippen LogP contribution in [0.15, 0.2) is 47.7 Å². The second-order valence-corrected chi connectivity index (χ2v) is 7.89. The maximum Gasteiger partial charge on any atom is 0.277 e. The first-order valence-electron chi connectivity index (χ1n) is 10.5. The number of aryl methyl sites for hydroxylation is 2. The van der Waals surface area contributed by atoms with E-state index in [2.05, 4.69) is 37.4 Å². The van der Waals surface area contributed by atoms with E-state index in [9.17, 15) is 4.79 Å². The van der Waals surface area contributed by atoms with Crippen molar-refractivity contribution in [2.75, 3.05) is 23.3 Å². The summed E-state index contributed by atoms with van der Waals surface area (Å²) >= 11 is 0. The molecule has 1 aliphatic heterocycles. The van der Waals surface area contributed by atoms with Crippen molar-refractivity contribution in [2.24, 2.45) is 7.05 Å². The number of fused-ring (bicyclic) bond motifs is 1. The fraction of sp³-hybridized carbons (Fsp3) is 0.304. The van der Waals surface area contributed by atoms with Gasteiger partial charge in [0.1, 0.15) is 6.26 Å². The summed E-state index contributed by atoms with van der Waals surface area (Å²) in [4.78, 5) is 23.6. The van der Waals surface area contributed by atoms with Crippen LogP contribution in [-0.2, 0) is 7.05 Å².